The number of hydrogen-bond donors (Lipinski definition) is 4. The zero-order valence-electron chi connectivity index (χ0n) is 13.8. The van der Waals surface area contributed by atoms with E-state index in [1.165, 1.54) is 6.42 Å². The minimum absolute atomic E-state index is 0. The van der Waals surface area contributed by atoms with Crippen LogP contribution in [0.2, 0.25) is 0 Å². The number of carbonyl (C=O) groups is 2. The van der Waals surface area contributed by atoms with Crippen LogP contribution in [0.25, 0.3) is 11.0 Å². The Labute approximate surface area is 151 Å². The summed E-state index contributed by atoms with van der Waals surface area (Å²) in [4.78, 5) is 30.9. The minimum atomic E-state index is -0.987. The lowest BCUT2D eigenvalue weighted by Crippen LogP contribution is -2.42. The molecule has 0 aliphatic heterocycles. The van der Waals surface area contributed by atoms with Crippen molar-refractivity contribution < 1.29 is 14.7 Å². The molecule has 25 heavy (non-hydrogen) atoms. The van der Waals surface area contributed by atoms with Crippen LogP contribution in [0.1, 0.15) is 48.9 Å². The second-order valence-electron chi connectivity index (χ2n) is 6.46. The lowest BCUT2D eigenvalue weighted by Gasteiger charge is -2.25. The molecular formula is C17H23ClN4O3. The number of rotatable bonds is 5. The fourth-order valence-electron chi connectivity index (χ4n) is 3.39. The Morgan fingerprint density at radius 1 is 1.32 bits per heavy atom. The number of nitrogens with zero attached hydrogens (tertiary/aromatic N) is 1. The highest BCUT2D eigenvalue weighted by atomic mass is 35.5. The van der Waals surface area contributed by atoms with Crippen LogP contribution in [0.15, 0.2) is 18.2 Å². The number of carboxylic acid groups (broad SMARTS) is 1. The number of nitrogens with one attached hydrogen (secondary N) is 2. The maximum atomic E-state index is 12.4. The molecule has 1 fully saturated rings. The van der Waals surface area contributed by atoms with Gasteiger partial charge in [-0.3, -0.25) is 4.79 Å². The first-order valence-corrected chi connectivity index (χ1v) is 8.32. The molecule has 136 valence electrons. The number of hydrogen-bond acceptors (Lipinski definition) is 4. The highest BCUT2D eigenvalue weighted by molar-refractivity contribution is 5.99. The van der Waals surface area contributed by atoms with Crippen molar-refractivity contribution in [2.75, 3.05) is 5.73 Å². The molecule has 3 rings (SSSR count). The molecule has 0 unspecified atom stereocenters. The van der Waals surface area contributed by atoms with Crippen molar-refractivity contribution in [2.24, 2.45) is 5.92 Å². The molecule has 1 aromatic heterocycles. The lowest BCUT2D eigenvalue weighted by molar-refractivity contribution is -0.139. The molecule has 0 bridgehead atoms. The molecule has 1 saturated carbocycles. The molecule has 7 nitrogen and oxygen atoms in total. The van der Waals surface area contributed by atoms with E-state index < -0.39 is 17.9 Å². The molecule has 1 aromatic carbocycles. The van der Waals surface area contributed by atoms with Crippen molar-refractivity contribution >= 4 is 41.3 Å². The number of anilines is 1. The van der Waals surface area contributed by atoms with Crippen LogP contribution >= 0.6 is 12.4 Å². The van der Waals surface area contributed by atoms with Gasteiger partial charge >= 0.3 is 5.97 Å². The summed E-state index contributed by atoms with van der Waals surface area (Å²) in [5.41, 5.74) is 7.29. The van der Waals surface area contributed by atoms with Crippen molar-refractivity contribution in [3.05, 3.63) is 23.8 Å². The smallest absolute Gasteiger partial charge is 0.326 e. The summed E-state index contributed by atoms with van der Waals surface area (Å²) in [6, 6.07) is 4.09. The quantitative estimate of drug-likeness (QED) is 0.648. The number of H-pyrrole nitrogens is 1. The lowest BCUT2D eigenvalue weighted by atomic mass is 9.85. The van der Waals surface area contributed by atoms with Gasteiger partial charge in [-0.1, -0.05) is 32.1 Å². The average molecular weight is 367 g/mol. The fraction of sp³-hybridized carbons (Fsp3) is 0.471. The van der Waals surface area contributed by atoms with E-state index in [1.54, 1.807) is 18.2 Å². The maximum Gasteiger partial charge on any atom is 0.326 e. The van der Waals surface area contributed by atoms with Crippen molar-refractivity contribution in [3.63, 3.8) is 0 Å². The van der Waals surface area contributed by atoms with Crippen molar-refractivity contribution in [1.29, 1.82) is 0 Å². The maximum absolute atomic E-state index is 12.4. The Balaban J connectivity index is 0.00000225. The number of fused-ring (bicyclic) bond motifs is 1. The van der Waals surface area contributed by atoms with E-state index in [9.17, 15) is 14.7 Å². The molecule has 2 aromatic rings. The molecule has 0 spiro atoms. The van der Waals surface area contributed by atoms with Gasteiger partial charge in [-0.2, -0.15) is 0 Å². The molecule has 0 saturated heterocycles. The third-order valence-electron chi connectivity index (χ3n) is 4.66. The summed E-state index contributed by atoms with van der Waals surface area (Å²) in [5.74, 6) is -0.738. The largest absolute Gasteiger partial charge is 0.480 e. The van der Waals surface area contributed by atoms with Gasteiger partial charge in [0, 0.05) is 5.56 Å². The van der Waals surface area contributed by atoms with Gasteiger partial charge in [-0.15, -0.1) is 12.4 Å². The third-order valence-corrected chi connectivity index (χ3v) is 4.66. The Kier molecular flexibility index (Phi) is 6.25. The van der Waals surface area contributed by atoms with Gasteiger partial charge in [-0.25, -0.2) is 9.78 Å². The van der Waals surface area contributed by atoms with Crippen molar-refractivity contribution in [1.82, 2.24) is 15.3 Å². The van der Waals surface area contributed by atoms with Gasteiger partial charge in [0.15, 0.2) is 5.95 Å². The number of carboxylic acids is 1. The van der Waals surface area contributed by atoms with E-state index in [1.807, 2.05) is 0 Å². The van der Waals surface area contributed by atoms with Crippen LogP contribution < -0.4 is 11.1 Å². The molecule has 1 aliphatic carbocycles. The van der Waals surface area contributed by atoms with Crippen LogP contribution in [-0.4, -0.2) is 33.0 Å². The van der Waals surface area contributed by atoms with E-state index in [-0.39, 0.29) is 18.4 Å². The predicted octanol–water partition coefficient (Wildman–Crippen LogP) is 2.72. The summed E-state index contributed by atoms with van der Waals surface area (Å²) >= 11 is 0. The van der Waals surface area contributed by atoms with Crippen molar-refractivity contribution in [2.45, 2.75) is 44.6 Å². The number of nitrogens with two attached hydrogens (primary N) is 1. The summed E-state index contributed by atoms with van der Waals surface area (Å²) in [6.07, 6.45) is 6.06. The molecule has 0 radical (unpaired) electrons. The Bertz CT molecular complexity index is 755. The normalized spacial score (nSPS) is 16.2. The Morgan fingerprint density at radius 2 is 2.04 bits per heavy atom. The number of imidazole rings is 1. The van der Waals surface area contributed by atoms with Crippen LogP contribution in [0.3, 0.4) is 0 Å². The summed E-state index contributed by atoms with van der Waals surface area (Å²) < 4.78 is 0. The van der Waals surface area contributed by atoms with E-state index in [2.05, 4.69) is 15.3 Å². The van der Waals surface area contributed by atoms with Gasteiger partial charge in [-0.05, 0) is 30.5 Å². The number of aliphatic carboxylic acids is 1. The van der Waals surface area contributed by atoms with Crippen LogP contribution in [0, 0.1) is 5.92 Å². The highest BCUT2D eigenvalue weighted by Crippen LogP contribution is 2.27. The Hall–Kier alpha value is -2.28. The average Bonchev–Trinajstić information content (AvgIpc) is 2.94. The van der Waals surface area contributed by atoms with Gasteiger partial charge in [0.05, 0.1) is 11.0 Å². The van der Waals surface area contributed by atoms with E-state index >= 15 is 0 Å². The molecule has 1 heterocycles. The van der Waals surface area contributed by atoms with Gasteiger partial charge in [0.1, 0.15) is 6.04 Å². The fourth-order valence-corrected chi connectivity index (χ4v) is 3.39. The van der Waals surface area contributed by atoms with Gasteiger partial charge in [0.25, 0.3) is 5.91 Å². The van der Waals surface area contributed by atoms with Gasteiger partial charge in [0.2, 0.25) is 0 Å². The molecule has 5 N–H and O–H groups in total. The van der Waals surface area contributed by atoms with Gasteiger partial charge < -0.3 is 21.1 Å². The number of carbonyl (C=O) groups excluding carboxylic acids is 1. The molecule has 8 heteroatoms. The second-order valence-corrected chi connectivity index (χ2v) is 6.46. The van der Waals surface area contributed by atoms with E-state index in [4.69, 9.17) is 5.73 Å². The number of halogens is 1. The SMILES string of the molecule is Cl.Nc1nc2cc(C(=O)N[C@@H](CC3CCCCC3)C(=O)O)ccc2[nH]1. The summed E-state index contributed by atoms with van der Waals surface area (Å²) in [6.45, 7) is 0. The van der Waals surface area contributed by atoms with E-state index in [0.717, 1.165) is 31.2 Å². The highest BCUT2D eigenvalue weighted by Gasteiger charge is 2.26. The molecule has 1 amide bonds. The minimum Gasteiger partial charge on any atom is -0.480 e. The topological polar surface area (TPSA) is 121 Å². The number of aromatic amines is 1. The summed E-state index contributed by atoms with van der Waals surface area (Å²) in [5, 5.41) is 12.1. The zero-order valence-corrected chi connectivity index (χ0v) is 14.6. The zero-order chi connectivity index (χ0) is 17.1. The molecule has 1 aliphatic rings. The number of benzene rings is 1. The first kappa shape index (κ1) is 19.1. The first-order chi connectivity index (χ1) is 11.5. The molecule has 1 atom stereocenters. The monoisotopic (exact) mass is 366 g/mol. The standard InChI is InChI=1S/C17H22N4O3.ClH/c18-17-20-12-7-6-11(9-13(12)21-17)15(22)19-14(16(23)24)8-10-4-2-1-3-5-10;/h6-7,9-10,14H,1-5,8H2,(H,19,22)(H,23,24)(H3,18,20,21);1H/t14-;/m0./s1. The van der Waals surface area contributed by atoms with E-state index in [0.29, 0.717) is 23.4 Å². The number of aromatic nitrogens is 2. The predicted molar refractivity (Wildman–Crippen MR) is 97.8 cm³/mol. The molecular weight excluding hydrogens is 344 g/mol. The van der Waals surface area contributed by atoms with Crippen molar-refractivity contribution in [3.8, 4) is 0 Å². The number of nitrogen functional groups attached to an aromatic ring is 1. The third kappa shape index (κ3) is 4.63. The summed E-state index contributed by atoms with van der Waals surface area (Å²) in [7, 11) is 0. The number of amides is 1. The van der Waals surface area contributed by atoms with Crippen LogP contribution in [0.5, 0.6) is 0 Å². The second kappa shape index (κ2) is 8.20. The first-order valence-electron chi connectivity index (χ1n) is 8.32. The van der Waals surface area contributed by atoms with Crippen LogP contribution in [-0.2, 0) is 4.79 Å². The Morgan fingerprint density at radius 3 is 2.72 bits per heavy atom. The van der Waals surface area contributed by atoms with Crippen LogP contribution in [0.4, 0.5) is 5.95 Å².